The summed E-state index contributed by atoms with van der Waals surface area (Å²) in [4.78, 5) is 10.6. The largest absolute Gasteiger partial charge is 0.295 e. The molecule has 1 aromatic carbocycles. The van der Waals surface area contributed by atoms with Crippen molar-refractivity contribution in [2.45, 2.75) is 48.0 Å². The maximum atomic E-state index is 10.6. The Morgan fingerprint density at radius 3 is 1.68 bits per heavy atom. The monoisotopic (exact) mass is 260 g/mol. The second-order valence-electron chi connectivity index (χ2n) is 4.15. The van der Waals surface area contributed by atoms with E-state index in [1.54, 1.807) is 12.2 Å². The fourth-order valence-electron chi connectivity index (χ4n) is 0.990. The minimum Gasteiger partial charge on any atom is -0.295 e. The standard InChI is InChI=1S/C8H12O.C8H10.C2H6/c1-4-8(9)6-5-7(2)3;1-7-3-5-8(2)6-4-7;1-2/h5-6H,2,4H2,1,3H3;3-6H,1-2H3;1-2H3/b6-5-;;. The zero-order valence-electron chi connectivity index (χ0n) is 13.3. The Kier molecular flexibility index (Phi) is 13.3. The van der Waals surface area contributed by atoms with Crippen LogP contribution in [-0.2, 0) is 4.79 Å². The van der Waals surface area contributed by atoms with Gasteiger partial charge in [-0.2, -0.15) is 0 Å². The molecule has 106 valence electrons. The molecule has 0 aromatic heterocycles. The van der Waals surface area contributed by atoms with Gasteiger partial charge < -0.3 is 0 Å². The van der Waals surface area contributed by atoms with E-state index >= 15 is 0 Å². The molecule has 0 atom stereocenters. The molecule has 1 rings (SSSR count). The van der Waals surface area contributed by atoms with Gasteiger partial charge in [-0.25, -0.2) is 0 Å². The number of carbonyl (C=O) groups excluding carboxylic acids is 1. The van der Waals surface area contributed by atoms with Crippen molar-refractivity contribution in [3.05, 3.63) is 59.7 Å². The molecule has 0 radical (unpaired) electrons. The highest BCUT2D eigenvalue weighted by Gasteiger charge is 1.86. The van der Waals surface area contributed by atoms with E-state index < -0.39 is 0 Å². The van der Waals surface area contributed by atoms with Crippen molar-refractivity contribution in [1.29, 1.82) is 0 Å². The van der Waals surface area contributed by atoms with Gasteiger partial charge in [-0.1, -0.05) is 74.4 Å². The van der Waals surface area contributed by atoms with Gasteiger partial charge in [0.2, 0.25) is 0 Å². The first-order valence-electron chi connectivity index (χ1n) is 6.85. The summed E-state index contributed by atoms with van der Waals surface area (Å²) in [5.74, 6) is 0.151. The Morgan fingerprint density at radius 2 is 1.42 bits per heavy atom. The highest BCUT2D eigenvalue weighted by molar-refractivity contribution is 5.89. The van der Waals surface area contributed by atoms with E-state index in [1.807, 2.05) is 27.7 Å². The van der Waals surface area contributed by atoms with E-state index in [2.05, 4.69) is 44.7 Å². The van der Waals surface area contributed by atoms with Gasteiger partial charge in [0.15, 0.2) is 5.78 Å². The predicted molar refractivity (Wildman–Crippen MR) is 86.5 cm³/mol. The van der Waals surface area contributed by atoms with Crippen molar-refractivity contribution in [2.75, 3.05) is 0 Å². The minimum atomic E-state index is 0.151. The van der Waals surface area contributed by atoms with Crippen molar-refractivity contribution in [1.82, 2.24) is 0 Å². The van der Waals surface area contributed by atoms with Crippen LogP contribution in [0.15, 0.2) is 48.6 Å². The van der Waals surface area contributed by atoms with Gasteiger partial charge in [0.05, 0.1) is 0 Å². The van der Waals surface area contributed by atoms with E-state index in [0.717, 1.165) is 5.57 Å². The first-order chi connectivity index (χ1) is 8.95. The van der Waals surface area contributed by atoms with Gasteiger partial charge in [-0.3, -0.25) is 4.79 Å². The summed E-state index contributed by atoms with van der Waals surface area (Å²) in [5.41, 5.74) is 3.57. The van der Waals surface area contributed by atoms with Gasteiger partial charge in [0, 0.05) is 6.42 Å². The van der Waals surface area contributed by atoms with Crippen LogP contribution in [0.4, 0.5) is 0 Å². The summed E-state index contributed by atoms with van der Waals surface area (Å²) in [7, 11) is 0. The van der Waals surface area contributed by atoms with Crippen LogP contribution in [0.1, 0.15) is 45.2 Å². The number of benzene rings is 1. The van der Waals surface area contributed by atoms with Crippen molar-refractivity contribution in [3.8, 4) is 0 Å². The smallest absolute Gasteiger partial charge is 0.155 e. The molecular weight excluding hydrogens is 232 g/mol. The van der Waals surface area contributed by atoms with Crippen LogP contribution < -0.4 is 0 Å². The number of aryl methyl sites for hydroxylation is 2. The zero-order chi connectivity index (χ0) is 15.3. The number of hydrogen-bond donors (Lipinski definition) is 0. The molecule has 0 aliphatic heterocycles. The lowest BCUT2D eigenvalue weighted by Crippen LogP contribution is -1.86. The van der Waals surface area contributed by atoms with Crippen LogP contribution in [0.3, 0.4) is 0 Å². The molecule has 0 N–H and O–H groups in total. The zero-order valence-corrected chi connectivity index (χ0v) is 13.3. The summed E-state index contributed by atoms with van der Waals surface area (Å²) < 4.78 is 0. The first kappa shape index (κ1) is 19.7. The molecule has 0 heterocycles. The quantitative estimate of drug-likeness (QED) is 0.523. The second-order valence-corrected chi connectivity index (χ2v) is 4.15. The summed E-state index contributed by atoms with van der Waals surface area (Å²) in [6, 6.07) is 8.48. The molecular formula is C18H28O. The molecule has 1 aromatic rings. The Labute approximate surface area is 119 Å². The third kappa shape index (κ3) is 14.3. The van der Waals surface area contributed by atoms with E-state index in [1.165, 1.54) is 11.1 Å². The van der Waals surface area contributed by atoms with Crippen molar-refractivity contribution in [2.24, 2.45) is 0 Å². The molecule has 0 bridgehead atoms. The average Bonchev–Trinajstić information content (AvgIpc) is 2.42. The van der Waals surface area contributed by atoms with Crippen LogP contribution in [0, 0.1) is 13.8 Å². The summed E-state index contributed by atoms with van der Waals surface area (Å²) in [6.07, 6.45) is 3.86. The SMILES string of the molecule is C=C(C)/C=C\C(=O)CC.CC.Cc1ccc(C)cc1. The molecule has 1 heteroatoms. The fraction of sp³-hybridized carbons (Fsp3) is 0.389. The number of ketones is 1. The molecule has 0 amide bonds. The maximum absolute atomic E-state index is 10.6. The van der Waals surface area contributed by atoms with Crippen molar-refractivity contribution < 1.29 is 4.79 Å². The summed E-state index contributed by atoms with van der Waals surface area (Å²) in [6.45, 7) is 15.5. The lowest BCUT2D eigenvalue weighted by Gasteiger charge is -1.90. The average molecular weight is 260 g/mol. The van der Waals surface area contributed by atoms with Crippen LogP contribution in [-0.4, -0.2) is 5.78 Å². The molecule has 19 heavy (non-hydrogen) atoms. The summed E-state index contributed by atoms with van der Waals surface area (Å²) in [5, 5.41) is 0. The number of carbonyl (C=O) groups is 1. The highest BCUT2D eigenvalue weighted by atomic mass is 16.1. The number of rotatable bonds is 3. The Bertz CT molecular complexity index is 362. The maximum Gasteiger partial charge on any atom is 0.155 e. The first-order valence-corrected chi connectivity index (χ1v) is 6.85. The Hall–Kier alpha value is -1.63. The van der Waals surface area contributed by atoms with Gasteiger partial charge in [-0.05, 0) is 26.8 Å². The van der Waals surface area contributed by atoms with Gasteiger partial charge in [-0.15, -0.1) is 0 Å². The minimum absolute atomic E-state index is 0.151. The molecule has 1 nitrogen and oxygen atoms in total. The number of allylic oxidation sites excluding steroid dienone is 3. The second kappa shape index (κ2) is 12.8. The Balaban J connectivity index is 0. The fourth-order valence-corrected chi connectivity index (χ4v) is 0.990. The summed E-state index contributed by atoms with van der Waals surface area (Å²) >= 11 is 0. The van der Waals surface area contributed by atoms with Crippen molar-refractivity contribution >= 4 is 5.78 Å². The lowest BCUT2D eigenvalue weighted by molar-refractivity contribution is -0.114. The molecule has 0 aliphatic rings. The highest BCUT2D eigenvalue weighted by Crippen LogP contribution is 1.99. The molecule has 0 saturated carbocycles. The topological polar surface area (TPSA) is 17.1 Å². The molecule has 0 saturated heterocycles. The number of hydrogen-bond acceptors (Lipinski definition) is 1. The lowest BCUT2D eigenvalue weighted by atomic mass is 10.2. The normalized spacial score (nSPS) is 8.95. The van der Waals surface area contributed by atoms with Crippen LogP contribution in [0.25, 0.3) is 0 Å². The third-order valence-electron chi connectivity index (χ3n) is 2.12. The van der Waals surface area contributed by atoms with Gasteiger partial charge in [0.25, 0.3) is 0 Å². The van der Waals surface area contributed by atoms with E-state index in [4.69, 9.17) is 0 Å². The van der Waals surface area contributed by atoms with E-state index in [-0.39, 0.29) is 5.78 Å². The van der Waals surface area contributed by atoms with E-state index in [0.29, 0.717) is 6.42 Å². The molecule has 0 unspecified atom stereocenters. The third-order valence-corrected chi connectivity index (χ3v) is 2.12. The molecule has 0 spiro atoms. The van der Waals surface area contributed by atoms with E-state index in [9.17, 15) is 4.79 Å². The Morgan fingerprint density at radius 1 is 1.05 bits per heavy atom. The van der Waals surface area contributed by atoms with Crippen molar-refractivity contribution in [3.63, 3.8) is 0 Å². The van der Waals surface area contributed by atoms with Crippen LogP contribution in [0.5, 0.6) is 0 Å². The predicted octanol–water partition coefficient (Wildman–Crippen LogP) is 5.43. The van der Waals surface area contributed by atoms with Gasteiger partial charge >= 0.3 is 0 Å². The molecule has 0 aliphatic carbocycles. The van der Waals surface area contributed by atoms with Crippen LogP contribution in [0.2, 0.25) is 0 Å². The van der Waals surface area contributed by atoms with Gasteiger partial charge in [0.1, 0.15) is 0 Å². The van der Waals surface area contributed by atoms with Crippen LogP contribution >= 0.6 is 0 Å². The molecule has 0 fully saturated rings.